The van der Waals surface area contributed by atoms with Gasteiger partial charge in [0.1, 0.15) is 0 Å². The maximum atomic E-state index is 12.1. The van der Waals surface area contributed by atoms with Gasteiger partial charge in [-0.1, -0.05) is 18.2 Å². The first-order valence-electron chi connectivity index (χ1n) is 6.35. The molecule has 2 aromatic rings. The van der Waals surface area contributed by atoms with Gasteiger partial charge in [0, 0.05) is 12.2 Å². The Bertz CT molecular complexity index is 762. The second-order valence-corrected chi connectivity index (χ2v) is 6.30. The number of nitrogens with zero attached hydrogens (tertiary/aromatic N) is 1. The van der Waals surface area contributed by atoms with Crippen molar-refractivity contribution in [2.45, 2.75) is 11.3 Å². The Balaban J connectivity index is 2.01. The Hall–Kier alpha value is -2.36. The fraction of sp³-hybridized carbons (Fsp3) is 0.133. The van der Waals surface area contributed by atoms with Crippen molar-refractivity contribution in [3.05, 3.63) is 59.7 Å². The molecule has 0 aliphatic heterocycles. The van der Waals surface area contributed by atoms with E-state index in [1.165, 1.54) is 12.1 Å². The van der Waals surface area contributed by atoms with Crippen molar-refractivity contribution in [1.29, 1.82) is 5.26 Å². The first-order chi connectivity index (χ1) is 10.0. The largest absolute Gasteiger partial charge is 0.399 e. The fourth-order valence-corrected chi connectivity index (χ4v) is 2.91. The zero-order valence-corrected chi connectivity index (χ0v) is 12.1. The van der Waals surface area contributed by atoms with Gasteiger partial charge in [0.2, 0.25) is 10.0 Å². The van der Waals surface area contributed by atoms with Crippen LogP contribution in [0.4, 0.5) is 5.69 Å². The van der Waals surface area contributed by atoms with Gasteiger partial charge in [-0.15, -0.1) is 0 Å². The molecule has 0 spiro atoms. The molecule has 0 aromatic heterocycles. The van der Waals surface area contributed by atoms with Crippen molar-refractivity contribution < 1.29 is 8.42 Å². The van der Waals surface area contributed by atoms with Crippen LogP contribution in [0.25, 0.3) is 0 Å². The Morgan fingerprint density at radius 1 is 1.14 bits per heavy atom. The maximum absolute atomic E-state index is 12.1. The Kier molecular flexibility index (Phi) is 4.58. The van der Waals surface area contributed by atoms with Gasteiger partial charge in [-0.3, -0.25) is 0 Å². The van der Waals surface area contributed by atoms with Crippen molar-refractivity contribution in [1.82, 2.24) is 4.72 Å². The van der Waals surface area contributed by atoms with Crippen LogP contribution in [0.1, 0.15) is 11.1 Å². The summed E-state index contributed by atoms with van der Waals surface area (Å²) >= 11 is 0. The molecular weight excluding hydrogens is 286 g/mol. The van der Waals surface area contributed by atoms with Gasteiger partial charge in [-0.05, 0) is 42.3 Å². The zero-order valence-electron chi connectivity index (χ0n) is 11.3. The lowest BCUT2D eigenvalue weighted by Gasteiger charge is -2.07. The topological polar surface area (TPSA) is 96.0 Å². The summed E-state index contributed by atoms with van der Waals surface area (Å²) in [6.07, 6.45) is 0.567. The molecule has 21 heavy (non-hydrogen) atoms. The predicted molar refractivity (Wildman–Crippen MR) is 80.9 cm³/mol. The molecule has 0 aliphatic carbocycles. The molecule has 0 unspecified atom stereocenters. The van der Waals surface area contributed by atoms with Crippen LogP contribution in [0, 0.1) is 11.3 Å². The average Bonchev–Trinajstić information content (AvgIpc) is 2.49. The highest BCUT2D eigenvalue weighted by atomic mass is 32.2. The van der Waals surface area contributed by atoms with Crippen LogP contribution in [0.2, 0.25) is 0 Å². The molecule has 0 heterocycles. The Morgan fingerprint density at radius 3 is 2.52 bits per heavy atom. The molecule has 2 rings (SSSR count). The molecule has 6 heteroatoms. The van der Waals surface area contributed by atoms with Gasteiger partial charge in [0.25, 0.3) is 0 Å². The molecule has 0 fully saturated rings. The van der Waals surface area contributed by atoms with E-state index in [4.69, 9.17) is 11.0 Å². The molecule has 0 saturated carbocycles. The van der Waals surface area contributed by atoms with E-state index in [2.05, 4.69) is 4.72 Å². The van der Waals surface area contributed by atoms with E-state index in [0.29, 0.717) is 17.7 Å². The number of rotatable bonds is 5. The third-order valence-corrected chi connectivity index (χ3v) is 4.42. The molecule has 0 radical (unpaired) electrons. The van der Waals surface area contributed by atoms with Gasteiger partial charge in [-0.25, -0.2) is 13.1 Å². The standard InChI is InChI=1S/C15H15N3O2S/c16-11-13-2-1-3-15(10-13)21(19,20)18-9-8-12-4-6-14(17)7-5-12/h1-7,10,18H,8-9,17H2. The summed E-state index contributed by atoms with van der Waals surface area (Å²) in [5.41, 5.74) is 7.58. The van der Waals surface area contributed by atoms with E-state index in [-0.39, 0.29) is 11.4 Å². The van der Waals surface area contributed by atoms with E-state index >= 15 is 0 Å². The summed E-state index contributed by atoms with van der Waals surface area (Å²) < 4.78 is 26.7. The number of nitriles is 1. The number of benzene rings is 2. The minimum atomic E-state index is -3.60. The molecular formula is C15H15N3O2S. The van der Waals surface area contributed by atoms with Crippen molar-refractivity contribution in [3.63, 3.8) is 0 Å². The van der Waals surface area contributed by atoms with Gasteiger partial charge >= 0.3 is 0 Å². The zero-order chi connectivity index (χ0) is 15.3. The van der Waals surface area contributed by atoms with Crippen LogP contribution < -0.4 is 10.5 Å². The monoisotopic (exact) mass is 301 g/mol. The lowest BCUT2D eigenvalue weighted by atomic mass is 10.1. The summed E-state index contributed by atoms with van der Waals surface area (Å²) in [5.74, 6) is 0. The maximum Gasteiger partial charge on any atom is 0.240 e. The highest BCUT2D eigenvalue weighted by Crippen LogP contribution is 2.11. The summed E-state index contributed by atoms with van der Waals surface area (Å²) in [7, 11) is -3.60. The van der Waals surface area contributed by atoms with E-state index < -0.39 is 10.0 Å². The van der Waals surface area contributed by atoms with Gasteiger partial charge in [0.15, 0.2) is 0 Å². The molecule has 2 aromatic carbocycles. The van der Waals surface area contributed by atoms with E-state index in [1.54, 1.807) is 24.3 Å². The Labute approximate surface area is 124 Å². The lowest BCUT2D eigenvalue weighted by molar-refractivity contribution is 0.581. The van der Waals surface area contributed by atoms with Crippen molar-refractivity contribution in [3.8, 4) is 6.07 Å². The van der Waals surface area contributed by atoms with Crippen LogP contribution in [-0.2, 0) is 16.4 Å². The van der Waals surface area contributed by atoms with Crippen LogP contribution in [0.3, 0.4) is 0 Å². The van der Waals surface area contributed by atoms with E-state index in [1.807, 2.05) is 18.2 Å². The van der Waals surface area contributed by atoms with Crippen LogP contribution in [0.5, 0.6) is 0 Å². The normalized spacial score (nSPS) is 11.0. The summed E-state index contributed by atoms with van der Waals surface area (Å²) in [6.45, 7) is 0.281. The molecule has 108 valence electrons. The average molecular weight is 301 g/mol. The summed E-state index contributed by atoms with van der Waals surface area (Å²) in [4.78, 5) is 0.0962. The van der Waals surface area contributed by atoms with Crippen molar-refractivity contribution in [2.75, 3.05) is 12.3 Å². The highest BCUT2D eigenvalue weighted by molar-refractivity contribution is 7.89. The Morgan fingerprint density at radius 2 is 1.86 bits per heavy atom. The second-order valence-electron chi connectivity index (χ2n) is 4.53. The minimum Gasteiger partial charge on any atom is -0.399 e. The fourth-order valence-electron chi connectivity index (χ4n) is 1.83. The molecule has 0 saturated heterocycles. The third-order valence-electron chi connectivity index (χ3n) is 2.96. The molecule has 0 atom stereocenters. The smallest absolute Gasteiger partial charge is 0.240 e. The SMILES string of the molecule is N#Cc1cccc(S(=O)(=O)NCCc2ccc(N)cc2)c1. The van der Waals surface area contributed by atoms with E-state index in [0.717, 1.165) is 5.56 Å². The lowest BCUT2D eigenvalue weighted by Crippen LogP contribution is -2.26. The van der Waals surface area contributed by atoms with Crippen molar-refractivity contribution >= 4 is 15.7 Å². The van der Waals surface area contributed by atoms with Crippen LogP contribution in [0.15, 0.2) is 53.4 Å². The van der Waals surface area contributed by atoms with E-state index in [9.17, 15) is 8.42 Å². The van der Waals surface area contributed by atoms with Crippen LogP contribution >= 0.6 is 0 Å². The molecule has 0 amide bonds. The predicted octanol–water partition coefficient (Wildman–Crippen LogP) is 1.66. The summed E-state index contributed by atoms with van der Waals surface area (Å²) in [5, 5.41) is 8.80. The number of anilines is 1. The quantitative estimate of drug-likeness (QED) is 0.821. The number of nitrogen functional groups attached to an aromatic ring is 1. The van der Waals surface area contributed by atoms with Gasteiger partial charge < -0.3 is 5.73 Å². The molecule has 3 N–H and O–H groups in total. The third kappa shape index (κ3) is 4.05. The number of nitrogens with two attached hydrogens (primary N) is 1. The molecule has 5 nitrogen and oxygen atoms in total. The minimum absolute atomic E-state index is 0.0962. The van der Waals surface area contributed by atoms with Crippen LogP contribution in [-0.4, -0.2) is 15.0 Å². The number of hydrogen-bond donors (Lipinski definition) is 2. The van der Waals surface area contributed by atoms with Gasteiger partial charge in [0.05, 0.1) is 16.5 Å². The molecule has 0 bridgehead atoms. The van der Waals surface area contributed by atoms with Crippen molar-refractivity contribution in [2.24, 2.45) is 0 Å². The first-order valence-corrected chi connectivity index (χ1v) is 7.84. The number of sulfonamides is 1. The number of hydrogen-bond acceptors (Lipinski definition) is 4. The summed E-state index contributed by atoms with van der Waals surface area (Å²) in [6, 6.07) is 15.1. The molecule has 0 aliphatic rings. The number of nitrogens with one attached hydrogen (secondary N) is 1. The first kappa shape index (κ1) is 15.0. The second kappa shape index (κ2) is 6.39. The van der Waals surface area contributed by atoms with Gasteiger partial charge in [-0.2, -0.15) is 5.26 Å². The highest BCUT2D eigenvalue weighted by Gasteiger charge is 2.13.